The average Bonchev–Trinajstić information content (AvgIpc) is 2.74. The topological polar surface area (TPSA) is 29.9 Å². The minimum absolute atomic E-state index is 0.513. The smallest absolute Gasteiger partial charge is 0.0537 e. The summed E-state index contributed by atoms with van der Waals surface area (Å²) in [5.74, 6) is 0.795. The van der Waals surface area contributed by atoms with Gasteiger partial charge in [0, 0.05) is 24.3 Å². The Morgan fingerprint density at radius 2 is 1.95 bits per heavy atom. The Morgan fingerprint density at radius 3 is 2.60 bits per heavy atom. The maximum atomic E-state index is 4.53. The molecular weight excluding hydrogens is 246 g/mol. The standard InChI is InChI=1S/C17H31N3/c1-3-11-18-17(15-9-7-5-6-8-10-15)16-13-19-20(14-16)12-4-2/h13-15,17-18H,3-12H2,1-2H3. The first-order valence-electron chi connectivity index (χ1n) is 8.60. The summed E-state index contributed by atoms with van der Waals surface area (Å²) in [5.41, 5.74) is 1.40. The molecule has 0 aromatic carbocycles. The largest absolute Gasteiger partial charge is 0.310 e. The number of hydrogen-bond acceptors (Lipinski definition) is 2. The van der Waals surface area contributed by atoms with Gasteiger partial charge in [0.15, 0.2) is 0 Å². The molecule has 114 valence electrons. The lowest BCUT2D eigenvalue weighted by atomic mass is 9.88. The lowest BCUT2D eigenvalue weighted by Gasteiger charge is -2.26. The molecule has 1 saturated carbocycles. The SMILES string of the molecule is CCCNC(c1cnn(CCC)c1)C1CCCCCC1. The molecule has 3 nitrogen and oxygen atoms in total. The number of nitrogens with zero attached hydrogens (tertiary/aromatic N) is 2. The molecule has 0 radical (unpaired) electrons. The fourth-order valence-electron chi connectivity index (χ4n) is 3.39. The molecule has 3 heteroatoms. The van der Waals surface area contributed by atoms with Crippen LogP contribution < -0.4 is 5.32 Å². The maximum absolute atomic E-state index is 4.53. The quantitative estimate of drug-likeness (QED) is 0.753. The maximum Gasteiger partial charge on any atom is 0.0537 e. The van der Waals surface area contributed by atoms with Gasteiger partial charge in [-0.3, -0.25) is 4.68 Å². The summed E-state index contributed by atoms with van der Waals surface area (Å²) in [7, 11) is 0. The van der Waals surface area contributed by atoms with Gasteiger partial charge >= 0.3 is 0 Å². The third kappa shape index (κ3) is 4.34. The zero-order chi connectivity index (χ0) is 14.2. The summed E-state index contributed by atoms with van der Waals surface area (Å²) >= 11 is 0. The Balaban J connectivity index is 2.07. The number of hydrogen-bond donors (Lipinski definition) is 1. The van der Waals surface area contributed by atoms with Crippen molar-refractivity contribution in [3.05, 3.63) is 18.0 Å². The van der Waals surface area contributed by atoms with Crippen LogP contribution in [0.25, 0.3) is 0 Å². The van der Waals surface area contributed by atoms with Crippen molar-refractivity contribution < 1.29 is 0 Å². The number of nitrogens with one attached hydrogen (secondary N) is 1. The van der Waals surface area contributed by atoms with Crippen LogP contribution in [-0.4, -0.2) is 16.3 Å². The fourth-order valence-corrected chi connectivity index (χ4v) is 3.39. The van der Waals surface area contributed by atoms with E-state index in [1.165, 1.54) is 50.5 Å². The molecule has 0 spiro atoms. The first-order valence-corrected chi connectivity index (χ1v) is 8.60. The van der Waals surface area contributed by atoms with Gasteiger partial charge < -0.3 is 5.32 Å². The van der Waals surface area contributed by atoms with E-state index in [-0.39, 0.29) is 0 Å². The van der Waals surface area contributed by atoms with Gasteiger partial charge in [0.05, 0.1) is 6.20 Å². The summed E-state index contributed by atoms with van der Waals surface area (Å²) in [6, 6.07) is 0.513. The van der Waals surface area contributed by atoms with E-state index in [4.69, 9.17) is 0 Å². The molecule has 0 saturated heterocycles. The first kappa shape index (κ1) is 15.6. The second-order valence-electron chi connectivity index (χ2n) is 6.22. The Morgan fingerprint density at radius 1 is 1.20 bits per heavy atom. The van der Waals surface area contributed by atoms with Gasteiger partial charge in [-0.15, -0.1) is 0 Å². The van der Waals surface area contributed by atoms with Crippen LogP contribution in [0.15, 0.2) is 12.4 Å². The third-order valence-corrected chi connectivity index (χ3v) is 4.45. The molecule has 0 amide bonds. The van der Waals surface area contributed by atoms with Crippen molar-refractivity contribution in [2.75, 3.05) is 6.54 Å². The van der Waals surface area contributed by atoms with Gasteiger partial charge in [-0.05, 0) is 38.1 Å². The van der Waals surface area contributed by atoms with Crippen molar-refractivity contribution in [1.82, 2.24) is 15.1 Å². The van der Waals surface area contributed by atoms with Crippen molar-refractivity contribution in [2.45, 2.75) is 77.8 Å². The van der Waals surface area contributed by atoms with E-state index >= 15 is 0 Å². The van der Waals surface area contributed by atoms with Crippen molar-refractivity contribution in [2.24, 2.45) is 5.92 Å². The molecule has 0 aliphatic heterocycles. The average molecular weight is 277 g/mol. The molecule has 0 bridgehead atoms. The zero-order valence-corrected chi connectivity index (χ0v) is 13.3. The summed E-state index contributed by atoms with van der Waals surface area (Å²) in [6.45, 7) is 6.60. The number of aromatic nitrogens is 2. The predicted molar refractivity (Wildman–Crippen MR) is 84.7 cm³/mol. The Kier molecular flexibility index (Phi) is 6.58. The number of aryl methyl sites for hydroxylation is 1. The molecule has 1 heterocycles. The summed E-state index contributed by atoms with van der Waals surface area (Å²) in [5, 5.41) is 8.32. The lowest BCUT2D eigenvalue weighted by molar-refractivity contribution is 0.325. The normalized spacial score (nSPS) is 18.9. The predicted octanol–water partition coefficient (Wildman–Crippen LogP) is 4.30. The highest BCUT2D eigenvalue weighted by Gasteiger charge is 2.24. The van der Waals surface area contributed by atoms with Crippen molar-refractivity contribution in [3.63, 3.8) is 0 Å². The van der Waals surface area contributed by atoms with Gasteiger partial charge in [-0.2, -0.15) is 5.10 Å². The molecule has 1 aromatic heterocycles. The van der Waals surface area contributed by atoms with Crippen LogP contribution in [0.4, 0.5) is 0 Å². The third-order valence-electron chi connectivity index (χ3n) is 4.45. The van der Waals surface area contributed by atoms with Gasteiger partial charge in [0.1, 0.15) is 0 Å². The highest BCUT2D eigenvalue weighted by molar-refractivity contribution is 5.12. The minimum atomic E-state index is 0.513. The molecule has 1 aliphatic carbocycles. The van der Waals surface area contributed by atoms with Crippen LogP contribution in [0.1, 0.15) is 76.8 Å². The van der Waals surface area contributed by atoms with Gasteiger partial charge in [-0.1, -0.05) is 39.5 Å². The van der Waals surface area contributed by atoms with Gasteiger partial charge in [-0.25, -0.2) is 0 Å². The Labute approximate surface area is 124 Å². The second-order valence-corrected chi connectivity index (χ2v) is 6.22. The molecule has 2 rings (SSSR count). The summed E-state index contributed by atoms with van der Waals surface area (Å²) < 4.78 is 2.10. The van der Waals surface area contributed by atoms with E-state index in [0.717, 1.165) is 25.4 Å². The van der Waals surface area contributed by atoms with E-state index < -0.39 is 0 Å². The molecule has 1 unspecified atom stereocenters. The molecule has 20 heavy (non-hydrogen) atoms. The molecule has 1 fully saturated rings. The number of rotatable bonds is 7. The van der Waals surface area contributed by atoms with E-state index in [2.05, 4.69) is 41.3 Å². The zero-order valence-electron chi connectivity index (χ0n) is 13.3. The summed E-state index contributed by atoms with van der Waals surface area (Å²) in [6.07, 6.45) is 15.1. The van der Waals surface area contributed by atoms with Crippen LogP contribution in [-0.2, 0) is 6.54 Å². The van der Waals surface area contributed by atoms with Crippen molar-refractivity contribution >= 4 is 0 Å². The first-order chi connectivity index (χ1) is 9.85. The molecular formula is C17H31N3. The molecule has 1 aliphatic rings. The molecule has 1 N–H and O–H groups in total. The van der Waals surface area contributed by atoms with Crippen LogP contribution in [0.3, 0.4) is 0 Å². The van der Waals surface area contributed by atoms with Crippen LogP contribution in [0.5, 0.6) is 0 Å². The van der Waals surface area contributed by atoms with Crippen molar-refractivity contribution in [1.29, 1.82) is 0 Å². The van der Waals surface area contributed by atoms with E-state index in [9.17, 15) is 0 Å². The van der Waals surface area contributed by atoms with Crippen LogP contribution in [0.2, 0.25) is 0 Å². The lowest BCUT2D eigenvalue weighted by Crippen LogP contribution is -2.28. The van der Waals surface area contributed by atoms with E-state index in [1.54, 1.807) is 0 Å². The molecule has 1 atom stereocenters. The van der Waals surface area contributed by atoms with Crippen LogP contribution >= 0.6 is 0 Å². The monoisotopic (exact) mass is 277 g/mol. The second kappa shape index (κ2) is 8.46. The highest BCUT2D eigenvalue weighted by Crippen LogP contribution is 2.33. The highest BCUT2D eigenvalue weighted by atomic mass is 15.3. The minimum Gasteiger partial charge on any atom is -0.310 e. The van der Waals surface area contributed by atoms with Gasteiger partial charge in [0.25, 0.3) is 0 Å². The van der Waals surface area contributed by atoms with Crippen molar-refractivity contribution in [3.8, 4) is 0 Å². The fraction of sp³-hybridized carbons (Fsp3) is 0.824. The van der Waals surface area contributed by atoms with E-state index in [1.807, 2.05) is 0 Å². The summed E-state index contributed by atoms with van der Waals surface area (Å²) in [4.78, 5) is 0. The van der Waals surface area contributed by atoms with Crippen LogP contribution in [0, 0.1) is 5.92 Å². The Bertz CT molecular complexity index is 364. The molecule has 1 aromatic rings. The van der Waals surface area contributed by atoms with Gasteiger partial charge in [0.2, 0.25) is 0 Å². The Hall–Kier alpha value is -0.830. The van der Waals surface area contributed by atoms with E-state index in [0.29, 0.717) is 6.04 Å².